The summed E-state index contributed by atoms with van der Waals surface area (Å²) >= 11 is 0. The standard InChI is InChI=1S/C16H23N3/c1-5-9-13-14(16(2,3)4)18-19(15(13)17)12-10-7-6-8-11-12/h6-8,10-11H,5,9,17H2,1-4H3. The third kappa shape index (κ3) is 2.65. The Morgan fingerprint density at radius 2 is 1.79 bits per heavy atom. The van der Waals surface area contributed by atoms with Crippen molar-refractivity contribution in [1.82, 2.24) is 9.78 Å². The molecule has 3 heteroatoms. The van der Waals surface area contributed by atoms with E-state index in [-0.39, 0.29) is 5.41 Å². The van der Waals surface area contributed by atoms with Gasteiger partial charge in [0.1, 0.15) is 5.82 Å². The van der Waals surface area contributed by atoms with Crippen LogP contribution in [0.3, 0.4) is 0 Å². The van der Waals surface area contributed by atoms with E-state index in [0.29, 0.717) is 0 Å². The lowest BCUT2D eigenvalue weighted by Gasteiger charge is -2.17. The molecule has 2 N–H and O–H groups in total. The van der Waals surface area contributed by atoms with Gasteiger partial charge in [-0.3, -0.25) is 0 Å². The second-order valence-electron chi connectivity index (χ2n) is 5.96. The van der Waals surface area contributed by atoms with E-state index >= 15 is 0 Å². The van der Waals surface area contributed by atoms with Crippen molar-refractivity contribution in [3.05, 3.63) is 41.6 Å². The van der Waals surface area contributed by atoms with E-state index in [9.17, 15) is 0 Å². The molecular weight excluding hydrogens is 234 g/mol. The zero-order valence-electron chi connectivity index (χ0n) is 12.3. The highest BCUT2D eigenvalue weighted by Gasteiger charge is 2.25. The van der Waals surface area contributed by atoms with Crippen LogP contribution in [-0.4, -0.2) is 9.78 Å². The number of para-hydroxylation sites is 1. The van der Waals surface area contributed by atoms with Crippen LogP contribution in [0.1, 0.15) is 45.4 Å². The summed E-state index contributed by atoms with van der Waals surface area (Å²) in [6, 6.07) is 10.1. The fraction of sp³-hybridized carbons (Fsp3) is 0.438. The minimum atomic E-state index is 0.0126. The molecule has 102 valence electrons. The van der Waals surface area contributed by atoms with Crippen molar-refractivity contribution >= 4 is 5.82 Å². The first kappa shape index (κ1) is 13.7. The molecule has 2 rings (SSSR count). The number of aromatic nitrogens is 2. The maximum Gasteiger partial charge on any atom is 0.130 e. The molecule has 0 unspecified atom stereocenters. The van der Waals surface area contributed by atoms with E-state index in [0.717, 1.165) is 30.0 Å². The van der Waals surface area contributed by atoms with E-state index in [2.05, 4.69) is 27.7 Å². The lowest BCUT2D eigenvalue weighted by atomic mass is 9.88. The van der Waals surface area contributed by atoms with Crippen LogP contribution < -0.4 is 5.73 Å². The molecule has 0 aliphatic rings. The third-order valence-corrected chi connectivity index (χ3v) is 3.23. The quantitative estimate of drug-likeness (QED) is 0.911. The second kappa shape index (κ2) is 5.08. The van der Waals surface area contributed by atoms with Gasteiger partial charge < -0.3 is 5.73 Å². The van der Waals surface area contributed by atoms with Gasteiger partial charge >= 0.3 is 0 Å². The molecule has 0 atom stereocenters. The topological polar surface area (TPSA) is 43.8 Å². The van der Waals surface area contributed by atoms with Gasteiger partial charge in [0, 0.05) is 11.0 Å². The highest BCUT2D eigenvalue weighted by atomic mass is 15.3. The Balaban J connectivity index is 2.59. The molecule has 0 aliphatic heterocycles. The number of benzene rings is 1. The van der Waals surface area contributed by atoms with Gasteiger partial charge in [0.2, 0.25) is 0 Å². The Morgan fingerprint density at radius 3 is 2.32 bits per heavy atom. The summed E-state index contributed by atoms with van der Waals surface area (Å²) in [5, 5.41) is 4.76. The Hall–Kier alpha value is -1.77. The smallest absolute Gasteiger partial charge is 0.130 e. The van der Waals surface area contributed by atoms with E-state index in [1.807, 2.05) is 35.0 Å². The molecule has 0 saturated heterocycles. The van der Waals surface area contributed by atoms with E-state index in [4.69, 9.17) is 10.8 Å². The highest BCUT2D eigenvalue weighted by Crippen LogP contribution is 2.31. The molecule has 19 heavy (non-hydrogen) atoms. The molecule has 1 aromatic carbocycles. The van der Waals surface area contributed by atoms with Gasteiger partial charge in [-0.15, -0.1) is 0 Å². The number of rotatable bonds is 3. The average molecular weight is 257 g/mol. The predicted molar refractivity (Wildman–Crippen MR) is 80.7 cm³/mol. The molecule has 0 radical (unpaired) electrons. The fourth-order valence-corrected chi connectivity index (χ4v) is 2.33. The summed E-state index contributed by atoms with van der Waals surface area (Å²) in [4.78, 5) is 0. The van der Waals surface area contributed by atoms with Crippen molar-refractivity contribution in [3.63, 3.8) is 0 Å². The molecule has 0 spiro atoms. The highest BCUT2D eigenvalue weighted by molar-refractivity contribution is 5.51. The first-order valence-corrected chi connectivity index (χ1v) is 6.88. The summed E-state index contributed by atoms with van der Waals surface area (Å²) in [5.41, 5.74) is 9.65. The minimum absolute atomic E-state index is 0.0126. The van der Waals surface area contributed by atoms with Crippen molar-refractivity contribution in [2.24, 2.45) is 0 Å². The van der Waals surface area contributed by atoms with Gasteiger partial charge in [-0.1, -0.05) is 52.3 Å². The summed E-state index contributed by atoms with van der Waals surface area (Å²) in [5.74, 6) is 0.776. The van der Waals surface area contributed by atoms with Crippen LogP contribution in [0.2, 0.25) is 0 Å². The molecule has 3 nitrogen and oxygen atoms in total. The van der Waals surface area contributed by atoms with Crippen LogP contribution in [0, 0.1) is 0 Å². The summed E-state index contributed by atoms with van der Waals surface area (Å²) in [6.45, 7) is 8.72. The largest absolute Gasteiger partial charge is 0.383 e. The zero-order valence-corrected chi connectivity index (χ0v) is 12.3. The van der Waals surface area contributed by atoms with Crippen LogP contribution in [0.25, 0.3) is 5.69 Å². The monoisotopic (exact) mass is 257 g/mol. The van der Waals surface area contributed by atoms with Crippen molar-refractivity contribution in [3.8, 4) is 5.69 Å². The molecule has 1 heterocycles. The van der Waals surface area contributed by atoms with Gasteiger partial charge in [0.15, 0.2) is 0 Å². The molecule has 0 fully saturated rings. The number of anilines is 1. The maximum absolute atomic E-state index is 6.32. The predicted octanol–water partition coefficient (Wildman–Crippen LogP) is 3.70. The van der Waals surface area contributed by atoms with E-state index < -0.39 is 0 Å². The van der Waals surface area contributed by atoms with Crippen LogP contribution in [-0.2, 0) is 11.8 Å². The van der Waals surface area contributed by atoms with Crippen LogP contribution in [0.4, 0.5) is 5.82 Å². The van der Waals surface area contributed by atoms with Gasteiger partial charge in [0.25, 0.3) is 0 Å². The molecule has 2 aromatic rings. The maximum atomic E-state index is 6.32. The molecule has 0 amide bonds. The van der Waals surface area contributed by atoms with Crippen LogP contribution in [0.15, 0.2) is 30.3 Å². The fourth-order valence-electron chi connectivity index (χ4n) is 2.33. The van der Waals surface area contributed by atoms with Gasteiger partial charge in [0.05, 0.1) is 11.4 Å². The number of hydrogen-bond donors (Lipinski definition) is 1. The SMILES string of the molecule is CCCc1c(C(C)(C)C)nn(-c2ccccc2)c1N. The first-order chi connectivity index (χ1) is 8.95. The zero-order chi connectivity index (χ0) is 14.0. The Morgan fingerprint density at radius 1 is 1.16 bits per heavy atom. The van der Waals surface area contributed by atoms with Crippen LogP contribution in [0.5, 0.6) is 0 Å². The average Bonchev–Trinajstić information content (AvgIpc) is 2.69. The third-order valence-electron chi connectivity index (χ3n) is 3.23. The van der Waals surface area contributed by atoms with Crippen molar-refractivity contribution < 1.29 is 0 Å². The molecule has 0 aliphatic carbocycles. The minimum Gasteiger partial charge on any atom is -0.383 e. The Bertz CT molecular complexity index is 547. The second-order valence-corrected chi connectivity index (χ2v) is 5.96. The van der Waals surface area contributed by atoms with Gasteiger partial charge in [-0.2, -0.15) is 5.10 Å². The molecule has 1 aromatic heterocycles. The number of nitrogens with zero attached hydrogens (tertiary/aromatic N) is 2. The van der Waals surface area contributed by atoms with Crippen molar-refractivity contribution in [1.29, 1.82) is 0 Å². The van der Waals surface area contributed by atoms with Crippen molar-refractivity contribution in [2.75, 3.05) is 5.73 Å². The van der Waals surface area contributed by atoms with E-state index in [1.165, 1.54) is 5.56 Å². The molecule has 0 bridgehead atoms. The Labute approximate surface area is 115 Å². The van der Waals surface area contributed by atoms with E-state index in [1.54, 1.807) is 0 Å². The summed E-state index contributed by atoms with van der Waals surface area (Å²) in [6.07, 6.45) is 2.05. The van der Waals surface area contributed by atoms with Gasteiger partial charge in [-0.25, -0.2) is 4.68 Å². The van der Waals surface area contributed by atoms with Gasteiger partial charge in [-0.05, 0) is 18.6 Å². The lowest BCUT2D eigenvalue weighted by molar-refractivity contribution is 0.554. The van der Waals surface area contributed by atoms with Crippen LogP contribution >= 0.6 is 0 Å². The molecular formula is C16H23N3. The number of nitrogens with two attached hydrogens (primary N) is 1. The number of nitrogen functional groups attached to an aromatic ring is 1. The Kier molecular flexibility index (Phi) is 3.65. The molecule has 0 saturated carbocycles. The summed E-state index contributed by atoms with van der Waals surface area (Å²) in [7, 11) is 0. The normalized spacial score (nSPS) is 11.8. The first-order valence-electron chi connectivity index (χ1n) is 6.88. The number of hydrogen-bond acceptors (Lipinski definition) is 2. The lowest BCUT2D eigenvalue weighted by Crippen LogP contribution is -2.15. The van der Waals surface area contributed by atoms with Crippen molar-refractivity contribution in [2.45, 2.75) is 46.0 Å². The summed E-state index contributed by atoms with van der Waals surface area (Å²) < 4.78 is 1.87.